The summed E-state index contributed by atoms with van der Waals surface area (Å²) in [5.74, 6) is 0. The van der Waals surface area contributed by atoms with Crippen LogP contribution in [0.2, 0.25) is 0 Å². The third-order valence-corrected chi connectivity index (χ3v) is 2.75. The van der Waals surface area contributed by atoms with Crippen molar-refractivity contribution in [3.8, 4) is 0 Å². The van der Waals surface area contributed by atoms with E-state index in [0.717, 1.165) is 5.56 Å². The second kappa shape index (κ2) is 4.16. The first kappa shape index (κ1) is 10.6. The minimum Gasteiger partial charge on any atom is -0.396 e. The van der Waals surface area contributed by atoms with E-state index in [2.05, 4.69) is 43.8 Å². The van der Waals surface area contributed by atoms with E-state index < -0.39 is 0 Å². The molecule has 0 saturated carbocycles. The molecule has 0 aromatic heterocycles. The third-order valence-electron chi connectivity index (χ3n) is 2.27. The first-order valence-electron chi connectivity index (χ1n) is 4.46. The predicted molar refractivity (Wildman–Crippen MR) is 59.2 cm³/mol. The van der Waals surface area contributed by atoms with Crippen LogP contribution in [0.15, 0.2) is 24.3 Å². The molecule has 0 heterocycles. The smallest absolute Gasteiger partial charge is 0.0447 e. The highest BCUT2D eigenvalue weighted by molar-refractivity contribution is 7.81. The Kier molecular flexibility index (Phi) is 3.40. The minimum atomic E-state index is -0.220. The molecule has 0 amide bonds. The summed E-state index contributed by atoms with van der Waals surface area (Å²) in [6.07, 6.45) is 0.680. The third kappa shape index (κ3) is 2.75. The number of aryl methyl sites for hydroxylation is 1. The van der Waals surface area contributed by atoms with E-state index in [0.29, 0.717) is 6.42 Å². The topological polar surface area (TPSA) is 20.2 Å². The Labute approximate surface area is 85.2 Å². The van der Waals surface area contributed by atoms with Crippen molar-refractivity contribution >= 4 is 12.6 Å². The molecule has 0 fully saturated rings. The molecule has 0 bridgehead atoms. The van der Waals surface area contributed by atoms with Crippen molar-refractivity contribution in [2.45, 2.75) is 25.0 Å². The molecule has 1 rings (SSSR count). The molecule has 2 heteroatoms. The van der Waals surface area contributed by atoms with Crippen molar-refractivity contribution in [2.75, 3.05) is 6.61 Å². The van der Waals surface area contributed by atoms with E-state index in [4.69, 9.17) is 5.11 Å². The Hall–Kier alpha value is -0.470. The van der Waals surface area contributed by atoms with Crippen molar-refractivity contribution in [1.82, 2.24) is 0 Å². The summed E-state index contributed by atoms with van der Waals surface area (Å²) in [5, 5.41) is 8.87. The van der Waals surface area contributed by atoms with Crippen molar-refractivity contribution in [3.05, 3.63) is 35.4 Å². The fourth-order valence-corrected chi connectivity index (χ4v) is 1.52. The van der Waals surface area contributed by atoms with Crippen LogP contribution < -0.4 is 0 Å². The van der Waals surface area contributed by atoms with Crippen LogP contribution in [0.5, 0.6) is 0 Å². The van der Waals surface area contributed by atoms with Gasteiger partial charge in [0.15, 0.2) is 0 Å². The van der Waals surface area contributed by atoms with Crippen LogP contribution in [0.1, 0.15) is 24.5 Å². The zero-order chi connectivity index (χ0) is 9.90. The highest BCUT2D eigenvalue weighted by Gasteiger charge is 2.20. The van der Waals surface area contributed by atoms with E-state index in [-0.39, 0.29) is 11.4 Å². The maximum atomic E-state index is 8.87. The van der Waals surface area contributed by atoms with E-state index in [9.17, 15) is 0 Å². The van der Waals surface area contributed by atoms with Crippen molar-refractivity contribution < 1.29 is 5.11 Å². The van der Waals surface area contributed by atoms with Gasteiger partial charge in [-0.1, -0.05) is 29.8 Å². The van der Waals surface area contributed by atoms with Gasteiger partial charge in [0.05, 0.1) is 0 Å². The largest absolute Gasteiger partial charge is 0.396 e. The number of rotatable bonds is 3. The summed E-state index contributed by atoms with van der Waals surface area (Å²) < 4.78 is -0.220. The molecule has 1 atom stereocenters. The molecule has 1 N–H and O–H groups in total. The predicted octanol–water partition coefficient (Wildman–Crippen LogP) is 2.52. The lowest BCUT2D eigenvalue weighted by Crippen LogP contribution is -2.15. The maximum absolute atomic E-state index is 8.87. The van der Waals surface area contributed by atoms with Crippen LogP contribution >= 0.6 is 12.6 Å². The van der Waals surface area contributed by atoms with Crippen molar-refractivity contribution in [3.63, 3.8) is 0 Å². The lowest BCUT2D eigenvalue weighted by atomic mass is 9.96. The Morgan fingerprint density at radius 2 is 1.85 bits per heavy atom. The molecule has 0 aliphatic heterocycles. The number of aliphatic hydroxyl groups is 1. The first-order chi connectivity index (χ1) is 6.06. The second-order valence-electron chi connectivity index (χ2n) is 3.61. The Morgan fingerprint density at radius 1 is 1.31 bits per heavy atom. The maximum Gasteiger partial charge on any atom is 0.0447 e. The average molecular weight is 196 g/mol. The Balaban J connectivity index is 2.87. The van der Waals surface area contributed by atoms with Gasteiger partial charge in [0.25, 0.3) is 0 Å². The van der Waals surface area contributed by atoms with E-state index >= 15 is 0 Å². The average Bonchev–Trinajstić information content (AvgIpc) is 2.05. The first-order valence-corrected chi connectivity index (χ1v) is 4.91. The van der Waals surface area contributed by atoms with Gasteiger partial charge in [-0.05, 0) is 25.8 Å². The summed E-state index contributed by atoms with van der Waals surface area (Å²) in [4.78, 5) is 0. The molecule has 1 aromatic carbocycles. The van der Waals surface area contributed by atoms with Gasteiger partial charge in [0.1, 0.15) is 0 Å². The lowest BCUT2D eigenvalue weighted by Gasteiger charge is -2.23. The van der Waals surface area contributed by atoms with Gasteiger partial charge < -0.3 is 5.11 Å². The zero-order valence-electron chi connectivity index (χ0n) is 8.12. The molecule has 1 aromatic rings. The van der Waals surface area contributed by atoms with Crippen LogP contribution in [-0.2, 0) is 4.75 Å². The summed E-state index contributed by atoms with van der Waals surface area (Å²) in [5.41, 5.74) is 2.41. The van der Waals surface area contributed by atoms with Crippen LogP contribution in [0.25, 0.3) is 0 Å². The zero-order valence-corrected chi connectivity index (χ0v) is 9.01. The molecule has 0 unspecified atom stereocenters. The summed E-state index contributed by atoms with van der Waals surface area (Å²) in [6, 6.07) is 8.28. The van der Waals surface area contributed by atoms with Crippen molar-refractivity contribution in [1.29, 1.82) is 0 Å². The molecule has 13 heavy (non-hydrogen) atoms. The van der Waals surface area contributed by atoms with Crippen LogP contribution in [0.4, 0.5) is 0 Å². The summed E-state index contributed by atoms with van der Waals surface area (Å²) in [7, 11) is 0. The standard InChI is InChI=1S/C11H16OS/c1-9-3-5-10(6-4-9)11(2,13)7-8-12/h3-6,12-13H,7-8H2,1-2H3/t11-/m1/s1. The molecular formula is C11H16OS. The van der Waals surface area contributed by atoms with Gasteiger partial charge in [-0.2, -0.15) is 12.6 Å². The van der Waals surface area contributed by atoms with Gasteiger partial charge in [-0.3, -0.25) is 0 Å². The summed E-state index contributed by atoms with van der Waals surface area (Å²) >= 11 is 4.53. The van der Waals surface area contributed by atoms with E-state index in [1.54, 1.807) is 0 Å². The monoisotopic (exact) mass is 196 g/mol. The van der Waals surface area contributed by atoms with Gasteiger partial charge in [0.2, 0.25) is 0 Å². The lowest BCUT2D eigenvalue weighted by molar-refractivity contribution is 0.272. The van der Waals surface area contributed by atoms with Gasteiger partial charge in [0, 0.05) is 11.4 Å². The van der Waals surface area contributed by atoms with Crippen LogP contribution in [-0.4, -0.2) is 11.7 Å². The number of aliphatic hydroxyl groups excluding tert-OH is 1. The normalized spacial score (nSPS) is 15.4. The summed E-state index contributed by atoms with van der Waals surface area (Å²) in [6.45, 7) is 4.26. The molecule has 0 saturated heterocycles. The van der Waals surface area contributed by atoms with Crippen LogP contribution in [0.3, 0.4) is 0 Å². The number of hydrogen-bond acceptors (Lipinski definition) is 2. The highest BCUT2D eigenvalue weighted by atomic mass is 32.1. The molecular weight excluding hydrogens is 180 g/mol. The molecule has 0 radical (unpaired) electrons. The number of thiol groups is 1. The Bertz CT molecular complexity index is 264. The van der Waals surface area contributed by atoms with Crippen molar-refractivity contribution in [2.24, 2.45) is 0 Å². The molecule has 1 nitrogen and oxygen atoms in total. The van der Waals surface area contributed by atoms with Crippen LogP contribution in [0, 0.1) is 6.92 Å². The van der Waals surface area contributed by atoms with Gasteiger partial charge >= 0.3 is 0 Å². The molecule has 0 aliphatic rings. The number of hydrogen-bond donors (Lipinski definition) is 2. The number of benzene rings is 1. The minimum absolute atomic E-state index is 0.174. The van der Waals surface area contributed by atoms with Gasteiger partial charge in [-0.15, -0.1) is 0 Å². The van der Waals surface area contributed by atoms with E-state index in [1.165, 1.54) is 5.56 Å². The Morgan fingerprint density at radius 3 is 2.31 bits per heavy atom. The fraction of sp³-hybridized carbons (Fsp3) is 0.455. The van der Waals surface area contributed by atoms with Gasteiger partial charge in [-0.25, -0.2) is 0 Å². The quantitative estimate of drug-likeness (QED) is 0.712. The SMILES string of the molecule is Cc1ccc([C@](C)(S)CCO)cc1. The molecule has 0 aliphatic carbocycles. The fourth-order valence-electron chi connectivity index (χ4n) is 1.27. The molecule has 72 valence electrons. The second-order valence-corrected chi connectivity index (χ2v) is 4.60. The van der Waals surface area contributed by atoms with E-state index in [1.807, 2.05) is 6.92 Å². The highest BCUT2D eigenvalue weighted by Crippen LogP contribution is 2.31. The molecule has 0 spiro atoms.